The van der Waals surface area contributed by atoms with Crippen LogP contribution < -0.4 is 5.73 Å². The highest BCUT2D eigenvalue weighted by Gasteiger charge is 1.87. The first-order chi connectivity index (χ1) is 4.80. The molecule has 0 spiro atoms. The summed E-state index contributed by atoms with van der Waals surface area (Å²) in [6.45, 7) is 0. The smallest absolute Gasteiger partial charge is 0.0785 e. The largest absolute Gasteiger partial charge is 0.398 e. The van der Waals surface area contributed by atoms with Crippen molar-refractivity contribution >= 4 is 17.3 Å². The summed E-state index contributed by atoms with van der Waals surface area (Å²) in [6, 6.07) is 7.22. The average Bonchev–Trinajstić information content (AvgIpc) is 2.00. The molecule has 1 rings (SSSR count). The van der Waals surface area contributed by atoms with Crippen LogP contribution in [0, 0.1) is 0 Å². The fourth-order valence-electron chi connectivity index (χ4n) is 0.475. The Hall–Kier alpha value is -0.760. The van der Waals surface area contributed by atoms with E-state index in [1.54, 1.807) is 12.1 Å². The Labute approximate surface area is 64.6 Å². The standard InChI is InChI=1S/C6H6ClN.CH3F/c7-5-3-1-2-4-6(5)8;1-2/h1-4H,8H2;1H3. The molecule has 0 aliphatic carbocycles. The molecule has 56 valence electrons. The van der Waals surface area contributed by atoms with E-state index in [1.807, 2.05) is 12.1 Å². The van der Waals surface area contributed by atoms with E-state index in [4.69, 9.17) is 17.3 Å². The monoisotopic (exact) mass is 161 g/mol. The van der Waals surface area contributed by atoms with E-state index in [0.717, 1.165) is 0 Å². The van der Waals surface area contributed by atoms with Gasteiger partial charge in [0.05, 0.1) is 17.9 Å². The van der Waals surface area contributed by atoms with Gasteiger partial charge in [-0.25, -0.2) is 0 Å². The van der Waals surface area contributed by atoms with E-state index in [1.165, 1.54) is 0 Å². The lowest BCUT2D eigenvalue weighted by molar-refractivity contribution is 0.636. The highest BCUT2D eigenvalue weighted by atomic mass is 35.5. The maximum atomic E-state index is 9.50. The minimum atomic E-state index is 0.500. The second-order valence-electron chi connectivity index (χ2n) is 1.52. The number of para-hydroxylation sites is 1. The van der Waals surface area contributed by atoms with Gasteiger partial charge in [-0.2, -0.15) is 0 Å². The quantitative estimate of drug-likeness (QED) is 0.582. The fraction of sp³-hybridized carbons (Fsp3) is 0.143. The number of nitrogens with two attached hydrogens (primary N) is 1. The fourth-order valence-corrected chi connectivity index (χ4v) is 0.611. The van der Waals surface area contributed by atoms with Gasteiger partial charge in [0.2, 0.25) is 0 Å². The number of hydrogen-bond donors (Lipinski definition) is 1. The summed E-state index contributed by atoms with van der Waals surface area (Å²) in [7, 11) is 0.500. The van der Waals surface area contributed by atoms with E-state index in [9.17, 15) is 4.39 Å². The molecule has 0 unspecified atom stereocenters. The van der Waals surface area contributed by atoms with Gasteiger partial charge in [-0.1, -0.05) is 23.7 Å². The number of alkyl halides is 1. The molecule has 0 radical (unpaired) electrons. The average molecular weight is 162 g/mol. The summed E-state index contributed by atoms with van der Waals surface area (Å²) >= 11 is 5.58. The zero-order valence-corrected chi connectivity index (χ0v) is 6.40. The zero-order valence-electron chi connectivity index (χ0n) is 5.64. The number of hydrogen-bond acceptors (Lipinski definition) is 1. The minimum absolute atomic E-state index is 0.500. The Bertz CT molecular complexity index is 170. The third-order valence-electron chi connectivity index (χ3n) is 0.905. The van der Waals surface area contributed by atoms with Gasteiger partial charge in [-0.15, -0.1) is 0 Å². The first kappa shape index (κ1) is 9.24. The van der Waals surface area contributed by atoms with Crippen molar-refractivity contribution in [2.45, 2.75) is 0 Å². The van der Waals surface area contributed by atoms with Gasteiger partial charge in [0.1, 0.15) is 0 Å². The van der Waals surface area contributed by atoms with E-state index >= 15 is 0 Å². The summed E-state index contributed by atoms with van der Waals surface area (Å²) in [5.74, 6) is 0. The number of rotatable bonds is 0. The predicted octanol–water partition coefficient (Wildman–Crippen LogP) is 2.51. The van der Waals surface area contributed by atoms with Crippen LogP contribution in [0.4, 0.5) is 10.1 Å². The van der Waals surface area contributed by atoms with Crippen molar-refractivity contribution < 1.29 is 4.39 Å². The van der Waals surface area contributed by atoms with Crippen molar-refractivity contribution in [3.63, 3.8) is 0 Å². The van der Waals surface area contributed by atoms with Crippen LogP contribution in [0.2, 0.25) is 5.02 Å². The molecule has 0 amide bonds. The van der Waals surface area contributed by atoms with Crippen molar-refractivity contribution in [1.82, 2.24) is 0 Å². The molecular formula is C7H9ClFN. The van der Waals surface area contributed by atoms with Crippen molar-refractivity contribution in [1.29, 1.82) is 0 Å². The molecule has 3 heteroatoms. The van der Waals surface area contributed by atoms with E-state index < -0.39 is 0 Å². The van der Waals surface area contributed by atoms with Gasteiger partial charge < -0.3 is 5.73 Å². The molecule has 1 aromatic carbocycles. The second-order valence-corrected chi connectivity index (χ2v) is 1.93. The molecular weight excluding hydrogens is 153 g/mol. The van der Waals surface area contributed by atoms with Crippen molar-refractivity contribution in [2.75, 3.05) is 12.9 Å². The number of anilines is 1. The topological polar surface area (TPSA) is 26.0 Å². The Morgan fingerprint density at radius 1 is 1.30 bits per heavy atom. The Morgan fingerprint density at radius 2 is 1.80 bits per heavy atom. The van der Waals surface area contributed by atoms with Crippen LogP contribution in [0.1, 0.15) is 0 Å². The van der Waals surface area contributed by atoms with Crippen LogP contribution in [-0.2, 0) is 0 Å². The van der Waals surface area contributed by atoms with Gasteiger partial charge in [0.25, 0.3) is 0 Å². The second kappa shape index (κ2) is 5.06. The van der Waals surface area contributed by atoms with Crippen LogP contribution in [-0.4, -0.2) is 7.18 Å². The molecule has 0 saturated carbocycles. The lowest BCUT2D eigenvalue weighted by atomic mass is 10.3. The summed E-state index contributed by atoms with van der Waals surface area (Å²) in [4.78, 5) is 0. The summed E-state index contributed by atoms with van der Waals surface area (Å²) < 4.78 is 9.50. The molecule has 0 aliphatic rings. The highest BCUT2D eigenvalue weighted by molar-refractivity contribution is 6.33. The van der Waals surface area contributed by atoms with Crippen LogP contribution in [0.25, 0.3) is 0 Å². The van der Waals surface area contributed by atoms with Crippen LogP contribution in [0.5, 0.6) is 0 Å². The number of halogens is 2. The third kappa shape index (κ3) is 2.69. The molecule has 1 nitrogen and oxygen atoms in total. The molecule has 10 heavy (non-hydrogen) atoms. The molecule has 0 aliphatic heterocycles. The summed E-state index contributed by atoms with van der Waals surface area (Å²) in [5.41, 5.74) is 6.02. The van der Waals surface area contributed by atoms with Gasteiger partial charge in [-0.05, 0) is 12.1 Å². The van der Waals surface area contributed by atoms with E-state index in [0.29, 0.717) is 17.9 Å². The molecule has 0 atom stereocenters. The molecule has 0 aromatic heterocycles. The highest BCUT2D eigenvalue weighted by Crippen LogP contribution is 2.15. The predicted molar refractivity (Wildman–Crippen MR) is 42.9 cm³/mol. The minimum Gasteiger partial charge on any atom is -0.398 e. The lowest BCUT2D eigenvalue weighted by Gasteiger charge is -1.91. The lowest BCUT2D eigenvalue weighted by Crippen LogP contribution is -1.82. The maximum absolute atomic E-state index is 9.50. The van der Waals surface area contributed by atoms with Crippen LogP contribution in [0.3, 0.4) is 0 Å². The summed E-state index contributed by atoms with van der Waals surface area (Å²) in [5, 5.41) is 0.618. The normalized spacial score (nSPS) is 7.90. The summed E-state index contributed by atoms with van der Waals surface area (Å²) in [6.07, 6.45) is 0. The van der Waals surface area contributed by atoms with Crippen molar-refractivity contribution in [3.8, 4) is 0 Å². The van der Waals surface area contributed by atoms with E-state index in [2.05, 4.69) is 0 Å². The molecule has 0 bridgehead atoms. The number of benzene rings is 1. The Kier molecular flexibility index (Phi) is 4.67. The molecule has 0 heterocycles. The van der Waals surface area contributed by atoms with Gasteiger partial charge in [0, 0.05) is 0 Å². The molecule has 1 aromatic rings. The third-order valence-corrected chi connectivity index (χ3v) is 1.25. The molecule has 0 fully saturated rings. The van der Waals surface area contributed by atoms with Crippen molar-refractivity contribution in [3.05, 3.63) is 29.3 Å². The maximum Gasteiger partial charge on any atom is 0.0785 e. The first-order valence-electron chi connectivity index (χ1n) is 2.68. The molecule has 0 saturated heterocycles. The SMILES string of the molecule is CF.Nc1ccccc1Cl. The van der Waals surface area contributed by atoms with Gasteiger partial charge >= 0.3 is 0 Å². The number of nitrogen functional groups attached to an aromatic ring is 1. The Balaban J connectivity index is 0.000000371. The van der Waals surface area contributed by atoms with Gasteiger partial charge in [-0.3, -0.25) is 4.39 Å². The van der Waals surface area contributed by atoms with Gasteiger partial charge in [0.15, 0.2) is 0 Å². The van der Waals surface area contributed by atoms with Crippen LogP contribution >= 0.6 is 11.6 Å². The van der Waals surface area contributed by atoms with Crippen molar-refractivity contribution in [2.24, 2.45) is 0 Å². The van der Waals surface area contributed by atoms with Crippen LogP contribution in [0.15, 0.2) is 24.3 Å². The molecule has 2 N–H and O–H groups in total. The van der Waals surface area contributed by atoms with E-state index in [-0.39, 0.29) is 0 Å². The zero-order chi connectivity index (χ0) is 7.98. The first-order valence-corrected chi connectivity index (χ1v) is 3.06. The Morgan fingerprint density at radius 3 is 2.10 bits per heavy atom.